The number of aromatic nitrogens is 7. The summed E-state index contributed by atoms with van der Waals surface area (Å²) in [6, 6.07) is 13.8. The van der Waals surface area contributed by atoms with Crippen molar-refractivity contribution in [2.75, 3.05) is 5.32 Å². The summed E-state index contributed by atoms with van der Waals surface area (Å²) in [5.41, 5.74) is 3.54. The van der Waals surface area contributed by atoms with Crippen molar-refractivity contribution in [3.8, 4) is 22.0 Å². The lowest BCUT2D eigenvalue weighted by atomic mass is 10.1. The van der Waals surface area contributed by atoms with Gasteiger partial charge in [0, 0.05) is 17.8 Å². The molecule has 4 heterocycles. The number of fused-ring (bicyclic) bond motifs is 1. The Morgan fingerprint density at radius 2 is 2.12 bits per heavy atom. The number of hydrogen-bond acceptors (Lipinski definition) is 7. The summed E-state index contributed by atoms with van der Waals surface area (Å²) in [7, 11) is 0. The van der Waals surface area contributed by atoms with Gasteiger partial charge >= 0.3 is 0 Å². The molecule has 0 aliphatic heterocycles. The molecule has 1 fully saturated rings. The van der Waals surface area contributed by atoms with E-state index >= 15 is 0 Å². The van der Waals surface area contributed by atoms with Gasteiger partial charge in [-0.05, 0) is 59.8 Å². The van der Waals surface area contributed by atoms with Gasteiger partial charge in [0.1, 0.15) is 0 Å². The van der Waals surface area contributed by atoms with E-state index in [0.717, 1.165) is 34.4 Å². The molecule has 1 aliphatic carbocycles. The van der Waals surface area contributed by atoms with Crippen molar-refractivity contribution >= 4 is 34.0 Å². The van der Waals surface area contributed by atoms with Gasteiger partial charge in [-0.25, -0.2) is 14.3 Å². The molecule has 0 spiro atoms. The monoisotopic (exact) mass is 456 g/mol. The maximum atomic E-state index is 13.4. The molecule has 9 nitrogen and oxygen atoms in total. The molecule has 4 aromatic heterocycles. The van der Waals surface area contributed by atoms with Crippen molar-refractivity contribution < 1.29 is 4.79 Å². The third-order valence-electron chi connectivity index (χ3n) is 5.69. The van der Waals surface area contributed by atoms with Crippen LogP contribution in [0, 0.1) is 0 Å². The summed E-state index contributed by atoms with van der Waals surface area (Å²) < 4.78 is 3.67. The van der Waals surface area contributed by atoms with Crippen LogP contribution in [0.25, 0.3) is 33.0 Å². The Kier molecular flexibility index (Phi) is 4.72. The van der Waals surface area contributed by atoms with E-state index in [2.05, 4.69) is 25.9 Å². The summed E-state index contributed by atoms with van der Waals surface area (Å²) >= 11 is 1.59. The number of carbonyl (C=O) groups excluding carboxylic acids is 1. The predicted molar refractivity (Wildman–Crippen MR) is 126 cm³/mol. The standard InChI is InChI=1S/C23H20N8OS/c1-2-30-22-18(13-24-30)17(12-19(26-22)20-7-4-10-33-20)23(32)25-15-6-3-5-14(11-15)21-27-28-29-31(21)16-8-9-16/h3-7,10-13,16H,2,8-9H2,1H3,(H,25,32). The lowest BCUT2D eigenvalue weighted by Gasteiger charge is -2.10. The highest BCUT2D eigenvalue weighted by atomic mass is 32.1. The SMILES string of the molecule is CCn1ncc2c(C(=O)Nc3cccc(-c4nnnn4C4CC4)c3)cc(-c3cccs3)nc21. The molecule has 1 saturated carbocycles. The van der Waals surface area contributed by atoms with Crippen LogP contribution in [0.2, 0.25) is 0 Å². The van der Waals surface area contributed by atoms with Gasteiger partial charge in [0.25, 0.3) is 5.91 Å². The molecule has 1 aromatic carbocycles. The van der Waals surface area contributed by atoms with E-state index in [0.29, 0.717) is 35.3 Å². The first-order valence-corrected chi connectivity index (χ1v) is 11.7. The molecular weight excluding hydrogens is 436 g/mol. The minimum Gasteiger partial charge on any atom is -0.322 e. The molecule has 6 rings (SSSR count). The van der Waals surface area contributed by atoms with E-state index in [9.17, 15) is 4.79 Å². The summed E-state index contributed by atoms with van der Waals surface area (Å²) in [5, 5.41) is 22.3. The van der Waals surface area contributed by atoms with Crippen LogP contribution in [0.1, 0.15) is 36.2 Å². The third-order valence-corrected chi connectivity index (χ3v) is 6.58. The second kappa shape index (κ2) is 7.89. The smallest absolute Gasteiger partial charge is 0.256 e. The molecule has 164 valence electrons. The third kappa shape index (κ3) is 3.58. The number of nitrogens with zero attached hydrogens (tertiary/aromatic N) is 7. The van der Waals surface area contributed by atoms with Gasteiger partial charge in [0.2, 0.25) is 0 Å². The number of carbonyl (C=O) groups is 1. The lowest BCUT2D eigenvalue weighted by Crippen LogP contribution is -2.13. The number of amides is 1. The van der Waals surface area contributed by atoms with Crippen LogP contribution in [0.15, 0.2) is 54.0 Å². The molecule has 10 heteroatoms. The highest BCUT2D eigenvalue weighted by molar-refractivity contribution is 7.13. The van der Waals surface area contributed by atoms with Gasteiger partial charge in [-0.3, -0.25) is 4.79 Å². The van der Waals surface area contributed by atoms with Crippen molar-refractivity contribution in [2.45, 2.75) is 32.4 Å². The zero-order chi connectivity index (χ0) is 22.4. The average Bonchev–Trinajstić information content (AvgIpc) is 3.24. The van der Waals surface area contributed by atoms with Crippen molar-refractivity contribution in [3.05, 3.63) is 59.6 Å². The Bertz CT molecular complexity index is 1470. The van der Waals surface area contributed by atoms with Crippen molar-refractivity contribution in [2.24, 2.45) is 0 Å². The first-order valence-electron chi connectivity index (χ1n) is 10.8. The Morgan fingerprint density at radius 3 is 2.91 bits per heavy atom. The zero-order valence-corrected chi connectivity index (χ0v) is 18.7. The van der Waals surface area contributed by atoms with Crippen LogP contribution >= 0.6 is 11.3 Å². The van der Waals surface area contributed by atoms with Crippen molar-refractivity contribution in [3.63, 3.8) is 0 Å². The summed E-state index contributed by atoms with van der Waals surface area (Å²) in [6.07, 6.45) is 3.88. The number of anilines is 1. The number of nitrogens with one attached hydrogen (secondary N) is 1. The van der Waals surface area contributed by atoms with E-state index in [4.69, 9.17) is 4.98 Å². The number of pyridine rings is 1. The van der Waals surface area contributed by atoms with E-state index in [-0.39, 0.29) is 5.91 Å². The minimum absolute atomic E-state index is 0.213. The van der Waals surface area contributed by atoms with Crippen LogP contribution in [-0.4, -0.2) is 40.9 Å². The first-order chi connectivity index (χ1) is 16.2. The molecule has 0 saturated heterocycles. The first kappa shape index (κ1) is 19.7. The van der Waals surface area contributed by atoms with Crippen molar-refractivity contribution in [1.82, 2.24) is 35.0 Å². The van der Waals surface area contributed by atoms with Crippen LogP contribution in [0.3, 0.4) is 0 Å². The fourth-order valence-electron chi connectivity index (χ4n) is 3.90. The number of rotatable bonds is 6. The number of tetrazole rings is 1. The molecule has 0 radical (unpaired) electrons. The summed E-state index contributed by atoms with van der Waals surface area (Å²) in [5.74, 6) is 0.499. The molecule has 1 amide bonds. The highest BCUT2D eigenvalue weighted by Gasteiger charge is 2.28. The van der Waals surface area contributed by atoms with Crippen LogP contribution in [0.4, 0.5) is 5.69 Å². The van der Waals surface area contributed by atoms with Gasteiger partial charge < -0.3 is 5.32 Å². The van der Waals surface area contributed by atoms with Gasteiger partial charge in [-0.15, -0.1) is 16.4 Å². The second-order valence-corrected chi connectivity index (χ2v) is 8.89. The molecule has 33 heavy (non-hydrogen) atoms. The maximum Gasteiger partial charge on any atom is 0.256 e. The lowest BCUT2D eigenvalue weighted by molar-refractivity contribution is 0.102. The predicted octanol–water partition coefficient (Wildman–Crippen LogP) is 4.42. The number of benzene rings is 1. The minimum atomic E-state index is -0.213. The molecule has 5 aromatic rings. The fourth-order valence-corrected chi connectivity index (χ4v) is 4.59. The highest BCUT2D eigenvalue weighted by Crippen LogP contribution is 2.37. The number of hydrogen-bond donors (Lipinski definition) is 1. The molecule has 0 bridgehead atoms. The quantitative estimate of drug-likeness (QED) is 0.406. The average molecular weight is 457 g/mol. The molecule has 1 N–H and O–H groups in total. The van der Waals surface area contributed by atoms with Gasteiger partial charge in [0.15, 0.2) is 11.5 Å². The molecule has 0 atom stereocenters. The Morgan fingerprint density at radius 1 is 1.21 bits per heavy atom. The summed E-state index contributed by atoms with van der Waals surface area (Å²) in [4.78, 5) is 19.2. The van der Waals surface area contributed by atoms with E-state index in [1.54, 1.807) is 17.5 Å². The topological polar surface area (TPSA) is 103 Å². The van der Waals surface area contributed by atoms with E-state index in [1.807, 2.05) is 64.1 Å². The largest absolute Gasteiger partial charge is 0.322 e. The van der Waals surface area contributed by atoms with Crippen LogP contribution < -0.4 is 5.32 Å². The van der Waals surface area contributed by atoms with Gasteiger partial charge in [-0.2, -0.15) is 5.10 Å². The Labute approximate surface area is 193 Å². The maximum absolute atomic E-state index is 13.4. The molecular formula is C23H20N8OS. The molecule has 1 aliphatic rings. The van der Waals surface area contributed by atoms with Crippen molar-refractivity contribution in [1.29, 1.82) is 0 Å². The normalized spacial score (nSPS) is 13.5. The zero-order valence-electron chi connectivity index (χ0n) is 17.8. The van der Waals surface area contributed by atoms with E-state index in [1.165, 1.54) is 0 Å². The summed E-state index contributed by atoms with van der Waals surface area (Å²) in [6.45, 7) is 2.68. The second-order valence-electron chi connectivity index (χ2n) is 7.94. The van der Waals surface area contributed by atoms with Gasteiger partial charge in [-0.1, -0.05) is 18.2 Å². The Balaban J connectivity index is 1.37. The number of aryl methyl sites for hydroxylation is 1. The van der Waals surface area contributed by atoms with Crippen LogP contribution in [-0.2, 0) is 6.54 Å². The van der Waals surface area contributed by atoms with E-state index < -0.39 is 0 Å². The Hall–Kier alpha value is -3.92. The molecule has 0 unspecified atom stereocenters. The fraction of sp³-hybridized carbons (Fsp3) is 0.217. The van der Waals surface area contributed by atoms with Crippen LogP contribution in [0.5, 0.6) is 0 Å². The number of thiophene rings is 1. The van der Waals surface area contributed by atoms with Gasteiger partial charge in [0.05, 0.1) is 33.8 Å².